The van der Waals surface area contributed by atoms with Gasteiger partial charge in [0.2, 0.25) is 0 Å². The van der Waals surface area contributed by atoms with Gasteiger partial charge in [0.1, 0.15) is 5.75 Å². The van der Waals surface area contributed by atoms with Crippen molar-refractivity contribution in [3.8, 4) is 5.75 Å². The van der Waals surface area contributed by atoms with E-state index in [1.165, 1.54) is 5.56 Å². The Kier molecular flexibility index (Phi) is 3.87. The average molecular weight is 286 g/mol. The molecule has 0 saturated carbocycles. The van der Waals surface area contributed by atoms with E-state index in [0.717, 1.165) is 36.5 Å². The molecule has 1 amide bonds. The molecule has 0 fully saturated rings. The van der Waals surface area contributed by atoms with E-state index in [4.69, 9.17) is 4.74 Å². The minimum absolute atomic E-state index is 0.0930. The van der Waals surface area contributed by atoms with E-state index in [-0.39, 0.29) is 12.5 Å². The topological polar surface area (TPSA) is 68.2 Å². The monoisotopic (exact) mass is 286 g/mol. The van der Waals surface area contributed by atoms with Crippen LogP contribution in [0.1, 0.15) is 11.1 Å². The summed E-state index contributed by atoms with van der Waals surface area (Å²) in [5, 5.41) is 10.3. The number of carbonyl (C=O) groups is 1. The molecule has 1 aliphatic rings. The van der Waals surface area contributed by atoms with Gasteiger partial charge in [0.15, 0.2) is 6.61 Å². The summed E-state index contributed by atoms with van der Waals surface area (Å²) >= 11 is 0. The Bertz CT molecular complexity index is 651. The molecule has 0 saturated heterocycles. The zero-order valence-electron chi connectivity index (χ0n) is 11.9. The Morgan fingerprint density at radius 1 is 1.43 bits per heavy atom. The normalized spacial score (nSPS) is 13.5. The van der Waals surface area contributed by atoms with Gasteiger partial charge >= 0.3 is 0 Å². The number of aromatic nitrogens is 2. The van der Waals surface area contributed by atoms with E-state index < -0.39 is 0 Å². The first-order chi connectivity index (χ1) is 10.2. The molecule has 0 unspecified atom stereocenters. The number of ether oxygens (including phenoxy) is 1. The van der Waals surface area contributed by atoms with E-state index in [1.54, 1.807) is 0 Å². The molecule has 0 aliphatic carbocycles. The number of hydrogen-bond acceptors (Lipinski definition) is 4. The van der Waals surface area contributed by atoms with Crippen molar-refractivity contribution in [3.05, 3.63) is 41.7 Å². The van der Waals surface area contributed by atoms with Gasteiger partial charge in [0.25, 0.3) is 5.91 Å². The van der Waals surface area contributed by atoms with Crippen LogP contribution in [0.25, 0.3) is 0 Å². The highest BCUT2D eigenvalue weighted by atomic mass is 16.5. The fourth-order valence-corrected chi connectivity index (χ4v) is 2.31. The van der Waals surface area contributed by atoms with E-state index in [1.807, 2.05) is 42.3 Å². The maximum absolute atomic E-state index is 11.3. The van der Waals surface area contributed by atoms with Crippen LogP contribution in [0, 0.1) is 0 Å². The Hall–Kier alpha value is -2.34. The number of nitrogens with zero attached hydrogens (tertiary/aromatic N) is 2. The van der Waals surface area contributed by atoms with Gasteiger partial charge in [-0.3, -0.25) is 9.48 Å². The first kappa shape index (κ1) is 13.6. The molecule has 0 spiro atoms. The third kappa shape index (κ3) is 3.41. The van der Waals surface area contributed by atoms with Gasteiger partial charge in [-0.2, -0.15) is 5.10 Å². The average Bonchev–Trinajstić information content (AvgIpc) is 2.89. The summed E-state index contributed by atoms with van der Waals surface area (Å²) in [5.74, 6) is 0.623. The SMILES string of the molecule is Cn1cc(CCNCc2ccc3c(c2)NC(=O)CO3)cn1. The lowest BCUT2D eigenvalue weighted by Crippen LogP contribution is -2.25. The van der Waals surface area contributed by atoms with E-state index in [0.29, 0.717) is 0 Å². The largest absolute Gasteiger partial charge is 0.482 e. The summed E-state index contributed by atoms with van der Waals surface area (Å²) in [6, 6.07) is 5.85. The van der Waals surface area contributed by atoms with Crippen LogP contribution in [0.2, 0.25) is 0 Å². The highest BCUT2D eigenvalue weighted by molar-refractivity contribution is 5.95. The Labute approximate surface area is 123 Å². The molecule has 1 aromatic heterocycles. The molecule has 2 N–H and O–H groups in total. The van der Waals surface area contributed by atoms with Crippen molar-refractivity contribution >= 4 is 11.6 Å². The van der Waals surface area contributed by atoms with Gasteiger partial charge in [-0.05, 0) is 36.2 Å². The molecule has 6 heteroatoms. The predicted octanol–water partition coefficient (Wildman–Crippen LogP) is 1.08. The smallest absolute Gasteiger partial charge is 0.262 e. The van der Waals surface area contributed by atoms with Gasteiger partial charge in [0.05, 0.1) is 11.9 Å². The number of nitrogens with one attached hydrogen (secondary N) is 2. The van der Waals surface area contributed by atoms with Crippen molar-refractivity contribution in [3.63, 3.8) is 0 Å². The molecule has 0 bridgehead atoms. The molecule has 2 aromatic rings. The molecule has 0 radical (unpaired) electrons. The molecule has 6 nitrogen and oxygen atoms in total. The number of carbonyl (C=O) groups excluding carboxylic acids is 1. The number of anilines is 1. The van der Waals surface area contributed by atoms with E-state index in [9.17, 15) is 4.79 Å². The first-order valence-corrected chi connectivity index (χ1v) is 6.94. The molecule has 2 heterocycles. The van der Waals surface area contributed by atoms with Crippen molar-refractivity contribution < 1.29 is 9.53 Å². The van der Waals surface area contributed by atoms with Crippen LogP contribution in [-0.4, -0.2) is 28.8 Å². The predicted molar refractivity (Wildman–Crippen MR) is 79.2 cm³/mol. The van der Waals surface area contributed by atoms with Crippen molar-refractivity contribution in [1.82, 2.24) is 15.1 Å². The van der Waals surface area contributed by atoms with Crippen LogP contribution >= 0.6 is 0 Å². The summed E-state index contributed by atoms with van der Waals surface area (Å²) in [6.45, 7) is 1.73. The highest BCUT2D eigenvalue weighted by Crippen LogP contribution is 2.28. The third-order valence-electron chi connectivity index (χ3n) is 3.35. The first-order valence-electron chi connectivity index (χ1n) is 6.94. The van der Waals surface area contributed by atoms with E-state index in [2.05, 4.69) is 15.7 Å². The Morgan fingerprint density at radius 3 is 3.14 bits per heavy atom. The maximum Gasteiger partial charge on any atom is 0.262 e. The van der Waals surface area contributed by atoms with Crippen molar-refractivity contribution in [1.29, 1.82) is 0 Å². The minimum Gasteiger partial charge on any atom is -0.482 e. The Morgan fingerprint density at radius 2 is 2.33 bits per heavy atom. The van der Waals surface area contributed by atoms with Crippen molar-refractivity contribution in [2.45, 2.75) is 13.0 Å². The zero-order chi connectivity index (χ0) is 14.7. The van der Waals surface area contributed by atoms with Crippen LogP contribution in [0.5, 0.6) is 5.75 Å². The summed E-state index contributed by atoms with van der Waals surface area (Å²) in [4.78, 5) is 11.3. The van der Waals surface area contributed by atoms with Gasteiger partial charge in [-0.15, -0.1) is 0 Å². The summed E-state index contributed by atoms with van der Waals surface area (Å²) in [7, 11) is 1.92. The number of hydrogen-bond donors (Lipinski definition) is 2. The van der Waals surface area contributed by atoms with Gasteiger partial charge in [0, 0.05) is 19.8 Å². The fraction of sp³-hybridized carbons (Fsp3) is 0.333. The van der Waals surface area contributed by atoms with Crippen LogP contribution < -0.4 is 15.4 Å². The number of aryl methyl sites for hydroxylation is 1. The van der Waals surface area contributed by atoms with E-state index >= 15 is 0 Å². The van der Waals surface area contributed by atoms with Crippen LogP contribution in [0.15, 0.2) is 30.6 Å². The van der Waals surface area contributed by atoms with Crippen LogP contribution in [-0.2, 0) is 24.8 Å². The number of rotatable bonds is 5. The molecule has 3 rings (SSSR count). The Balaban J connectivity index is 1.51. The standard InChI is InChI=1S/C15H18N4O2/c1-19-9-12(8-17-19)4-5-16-7-11-2-3-14-13(6-11)18-15(20)10-21-14/h2-3,6,8-9,16H,4-5,7,10H2,1H3,(H,18,20). The molecule has 0 atom stereocenters. The highest BCUT2D eigenvalue weighted by Gasteiger charge is 2.15. The summed E-state index contributed by atoms with van der Waals surface area (Å²) < 4.78 is 7.14. The van der Waals surface area contributed by atoms with Crippen molar-refractivity contribution in [2.75, 3.05) is 18.5 Å². The van der Waals surface area contributed by atoms with Gasteiger partial charge in [-0.1, -0.05) is 6.07 Å². The number of amides is 1. The molecule has 21 heavy (non-hydrogen) atoms. The van der Waals surface area contributed by atoms with Crippen LogP contribution in [0.3, 0.4) is 0 Å². The lowest BCUT2D eigenvalue weighted by molar-refractivity contribution is -0.118. The summed E-state index contributed by atoms with van der Waals surface area (Å²) in [6.07, 6.45) is 4.85. The number of benzene rings is 1. The summed E-state index contributed by atoms with van der Waals surface area (Å²) in [5.41, 5.74) is 3.08. The molecule has 1 aromatic carbocycles. The van der Waals surface area contributed by atoms with Crippen molar-refractivity contribution in [2.24, 2.45) is 7.05 Å². The molecule has 110 valence electrons. The molecular weight excluding hydrogens is 268 g/mol. The fourth-order valence-electron chi connectivity index (χ4n) is 2.31. The zero-order valence-corrected chi connectivity index (χ0v) is 11.9. The second kappa shape index (κ2) is 5.97. The second-order valence-corrected chi connectivity index (χ2v) is 5.12. The van der Waals surface area contributed by atoms with Gasteiger partial charge in [-0.25, -0.2) is 0 Å². The molecule has 1 aliphatic heterocycles. The third-order valence-corrected chi connectivity index (χ3v) is 3.35. The minimum atomic E-state index is -0.107. The lowest BCUT2D eigenvalue weighted by atomic mass is 10.1. The molecular formula is C15H18N4O2. The lowest BCUT2D eigenvalue weighted by Gasteiger charge is -2.18. The second-order valence-electron chi connectivity index (χ2n) is 5.12. The number of fused-ring (bicyclic) bond motifs is 1. The van der Waals surface area contributed by atoms with Gasteiger partial charge < -0.3 is 15.4 Å². The maximum atomic E-state index is 11.3. The van der Waals surface area contributed by atoms with Crippen LogP contribution in [0.4, 0.5) is 5.69 Å². The quantitative estimate of drug-likeness (QED) is 0.807.